The Morgan fingerprint density at radius 1 is 1.13 bits per heavy atom. The van der Waals surface area contributed by atoms with Gasteiger partial charge in [0.1, 0.15) is 17.6 Å². The number of ether oxygens (including phenoxy) is 2. The number of carbonyl (C=O) groups is 1. The van der Waals surface area contributed by atoms with Crippen LogP contribution in [0.1, 0.15) is 42.9 Å². The van der Waals surface area contributed by atoms with Crippen molar-refractivity contribution in [2.45, 2.75) is 58.8 Å². The van der Waals surface area contributed by atoms with Crippen molar-refractivity contribution in [1.29, 1.82) is 0 Å². The van der Waals surface area contributed by atoms with Gasteiger partial charge in [-0.05, 0) is 75.0 Å². The minimum Gasteiger partial charge on any atom is -0.490 e. The van der Waals surface area contributed by atoms with E-state index in [-0.39, 0.29) is 5.91 Å². The highest BCUT2D eigenvalue weighted by molar-refractivity contribution is 5.81. The van der Waals surface area contributed by atoms with Crippen LogP contribution >= 0.6 is 0 Å². The van der Waals surface area contributed by atoms with Crippen LogP contribution in [-0.4, -0.2) is 43.2 Å². The van der Waals surface area contributed by atoms with Crippen LogP contribution in [0, 0.1) is 13.8 Å². The molecule has 1 atom stereocenters. The number of piperidine rings is 1. The summed E-state index contributed by atoms with van der Waals surface area (Å²) in [5.41, 5.74) is 3.27. The van der Waals surface area contributed by atoms with Crippen molar-refractivity contribution in [2.75, 3.05) is 20.1 Å². The predicted molar refractivity (Wildman–Crippen MR) is 120 cm³/mol. The van der Waals surface area contributed by atoms with Gasteiger partial charge in [-0.1, -0.05) is 31.2 Å². The van der Waals surface area contributed by atoms with Crippen molar-refractivity contribution in [3.8, 4) is 11.5 Å². The fourth-order valence-corrected chi connectivity index (χ4v) is 3.61. The van der Waals surface area contributed by atoms with Gasteiger partial charge in [-0.2, -0.15) is 0 Å². The van der Waals surface area contributed by atoms with E-state index in [2.05, 4.69) is 17.3 Å². The Balaban J connectivity index is 1.50. The second-order valence-electron chi connectivity index (χ2n) is 8.20. The minimum atomic E-state index is -0.502. The molecule has 3 rings (SSSR count). The molecule has 0 saturated carbocycles. The van der Waals surface area contributed by atoms with Crippen molar-refractivity contribution in [3.63, 3.8) is 0 Å². The molecule has 5 heteroatoms. The standard InChI is InChI=1S/C25H34N2O3/c1-5-23(30-24-8-6-7-18(2)19(24)3)25(28)26-17-20-9-11-21(12-10-20)29-22-13-15-27(4)16-14-22/h6-12,22-23H,5,13-17H2,1-4H3,(H,26,28). The molecule has 162 valence electrons. The maximum Gasteiger partial charge on any atom is 0.261 e. The molecule has 1 unspecified atom stereocenters. The second-order valence-corrected chi connectivity index (χ2v) is 8.20. The van der Waals surface area contributed by atoms with Crippen molar-refractivity contribution < 1.29 is 14.3 Å². The molecule has 30 heavy (non-hydrogen) atoms. The van der Waals surface area contributed by atoms with Crippen LogP contribution in [0.25, 0.3) is 0 Å². The molecule has 0 aliphatic carbocycles. The summed E-state index contributed by atoms with van der Waals surface area (Å²) in [7, 11) is 2.15. The number of carbonyl (C=O) groups excluding carboxylic acids is 1. The lowest BCUT2D eigenvalue weighted by Crippen LogP contribution is -2.37. The van der Waals surface area contributed by atoms with Gasteiger partial charge in [0.2, 0.25) is 0 Å². The van der Waals surface area contributed by atoms with Crippen molar-refractivity contribution in [3.05, 3.63) is 59.2 Å². The number of hydrogen-bond donors (Lipinski definition) is 1. The lowest BCUT2D eigenvalue weighted by molar-refractivity contribution is -0.128. The van der Waals surface area contributed by atoms with E-state index < -0.39 is 6.10 Å². The molecule has 5 nitrogen and oxygen atoms in total. The van der Waals surface area contributed by atoms with Crippen LogP contribution in [0.15, 0.2) is 42.5 Å². The average Bonchev–Trinajstić information content (AvgIpc) is 2.75. The number of benzene rings is 2. The molecular weight excluding hydrogens is 376 g/mol. The molecular formula is C25H34N2O3. The molecule has 1 heterocycles. The van der Waals surface area contributed by atoms with Crippen LogP contribution < -0.4 is 14.8 Å². The summed E-state index contributed by atoms with van der Waals surface area (Å²) in [6.45, 7) is 8.66. The monoisotopic (exact) mass is 410 g/mol. The van der Waals surface area contributed by atoms with Gasteiger partial charge in [-0.15, -0.1) is 0 Å². The Morgan fingerprint density at radius 3 is 2.50 bits per heavy atom. The molecule has 0 bridgehead atoms. The Hall–Kier alpha value is -2.53. The van der Waals surface area contributed by atoms with Gasteiger partial charge >= 0.3 is 0 Å². The van der Waals surface area contributed by atoms with Crippen LogP contribution in [-0.2, 0) is 11.3 Å². The topological polar surface area (TPSA) is 50.8 Å². The van der Waals surface area contributed by atoms with E-state index >= 15 is 0 Å². The third-order valence-electron chi connectivity index (χ3n) is 5.85. The summed E-state index contributed by atoms with van der Waals surface area (Å²) in [5.74, 6) is 1.57. The van der Waals surface area contributed by atoms with Crippen molar-refractivity contribution >= 4 is 5.91 Å². The van der Waals surface area contributed by atoms with E-state index in [4.69, 9.17) is 9.47 Å². The highest BCUT2D eigenvalue weighted by Crippen LogP contribution is 2.23. The van der Waals surface area contributed by atoms with Gasteiger partial charge < -0.3 is 19.7 Å². The molecule has 1 aliphatic heterocycles. The molecule has 0 aromatic heterocycles. The summed E-state index contributed by atoms with van der Waals surface area (Å²) >= 11 is 0. The third-order valence-corrected chi connectivity index (χ3v) is 5.85. The van der Waals surface area contributed by atoms with Gasteiger partial charge in [0, 0.05) is 19.6 Å². The maximum absolute atomic E-state index is 12.6. The van der Waals surface area contributed by atoms with Gasteiger partial charge in [0.15, 0.2) is 6.10 Å². The van der Waals surface area contributed by atoms with Crippen molar-refractivity contribution in [2.24, 2.45) is 0 Å². The largest absolute Gasteiger partial charge is 0.490 e. The quantitative estimate of drug-likeness (QED) is 0.707. The van der Waals surface area contributed by atoms with Gasteiger partial charge in [-0.3, -0.25) is 4.79 Å². The lowest BCUT2D eigenvalue weighted by atomic mass is 10.1. The number of nitrogens with zero attached hydrogens (tertiary/aromatic N) is 1. The lowest BCUT2D eigenvalue weighted by Gasteiger charge is -2.29. The van der Waals surface area contributed by atoms with E-state index in [1.165, 1.54) is 0 Å². The zero-order valence-electron chi connectivity index (χ0n) is 18.6. The SMILES string of the molecule is CCC(Oc1cccc(C)c1C)C(=O)NCc1ccc(OC2CCN(C)CC2)cc1. The fourth-order valence-electron chi connectivity index (χ4n) is 3.61. The zero-order chi connectivity index (χ0) is 21.5. The molecule has 1 amide bonds. The first-order valence-corrected chi connectivity index (χ1v) is 10.9. The van der Waals surface area contributed by atoms with E-state index in [1.54, 1.807) is 0 Å². The summed E-state index contributed by atoms with van der Waals surface area (Å²) in [6, 6.07) is 13.9. The molecule has 0 radical (unpaired) electrons. The second kappa shape index (κ2) is 10.5. The maximum atomic E-state index is 12.6. The Bertz CT molecular complexity index is 827. The number of nitrogens with one attached hydrogen (secondary N) is 1. The fraction of sp³-hybridized carbons (Fsp3) is 0.480. The van der Waals surface area contributed by atoms with Crippen molar-refractivity contribution in [1.82, 2.24) is 10.2 Å². The van der Waals surface area contributed by atoms with Gasteiger partial charge in [0.05, 0.1) is 0 Å². The minimum absolute atomic E-state index is 0.0925. The summed E-state index contributed by atoms with van der Waals surface area (Å²) < 4.78 is 12.1. The molecule has 1 fully saturated rings. The normalized spacial score (nSPS) is 16.1. The molecule has 1 N–H and O–H groups in total. The number of aryl methyl sites for hydroxylation is 1. The van der Waals surface area contributed by atoms with E-state index in [0.717, 1.165) is 54.1 Å². The highest BCUT2D eigenvalue weighted by Gasteiger charge is 2.20. The number of amides is 1. The average molecular weight is 411 g/mol. The predicted octanol–water partition coefficient (Wildman–Crippen LogP) is 4.25. The molecule has 2 aromatic rings. The van der Waals surface area contributed by atoms with Gasteiger partial charge in [0.25, 0.3) is 5.91 Å². The first-order valence-electron chi connectivity index (χ1n) is 10.9. The zero-order valence-corrected chi connectivity index (χ0v) is 18.6. The molecule has 0 spiro atoms. The van der Waals surface area contributed by atoms with Crippen LogP contribution in [0.3, 0.4) is 0 Å². The van der Waals surface area contributed by atoms with Crippen LogP contribution in [0.5, 0.6) is 11.5 Å². The first-order chi connectivity index (χ1) is 14.5. The molecule has 2 aromatic carbocycles. The number of hydrogen-bond acceptors (Lipinski definition) is 4. The van der Waals surface area contributed by atoms with E-state index in [0.29, 0.717) is 19.1 Å². The molecule has 1 saturated heterocycles. The third kappa shape index (κ3) is 5.99. The van der Waals surface area contributed by atoms with E-state index in [9.17, 15) is 4.79 Å². The van der Waals surface area contributed by atoms with Crippen LogP contribution in [0.2, 0.25) is 0 Å². The highest BCUT2D eigenvalue weighted by atomic mass is 16.5. The summed E-state index contributed by atoms with van der Waals surface area (Å²) in [5, 5.41) is 3.00. The Labute approximate surface area is 180 Å². The smallest absolute Gasteiger partial charge is 0.261 e. The summed E-state index contributed by atoms with van der Waals surface area (Å²) in [4.78, 5) is 15.0. The van der Waals surface area contributed by atoms with Gasteiger partial charge in [-0.25, -0.2) is 0 Å². The van der Waals surface area contributed by atoms with E-state index in [1.807, 2.05) is 63.2 Å². The number of rotatable bonds is 8. The molecule has 1 aliphatic rings. The Morgan fingerprint density at radius 2 is 1.83 bits per heavy atom. The summed E-state index contributed by atoms with van der Waals surface area (Å²) in [6.07, 6.45) is 2.53. The first kappa shape index (κ1) is 22.2. The Kier molecular flexibility index (Phi) is 7.75. The number of likely N-dealkylation sites (tertiary alicyclic amines) is 1. The van der Waals surface area contributed by atoms with Crippen LogP contribution in [0.4, 0.5) is 0 Å².